The van der Waals surface area contributed by atoms with Gasteiger partial charge in [-0.05, 0) is 31.9 Å². The maximum absolute atomic E-state index is 6.20. The van der Waals surface area contributed by atoms with Crippen molar-refractivity contribution >= 4 is 17.4 Å². The van der Waals surface area contributed by atoms with Crippen molar-refractivity contribution in [3.63, 3.8) is 0 Å². The molecule has 5 nitrogen and oxygen atoms in total. The molecule has 0 amide bonds. The van der Waals surface area contributed by atoms with Gasteiger partial charge in [-0.15, -0.1) is 0 Å². The Balaban J connectivity index is 2.81. The highest BCUT2D eigenvalue weighted by Crippen LogP contribution is 2.26. The van der Waals surface area contributed by atoms with E-state index in [-0.39, 0.29) is 0 Å². The Morgan fingerprint density at radius 2 is 1.33 bits per heavy atom. The average Bonchev–Trinajstić information content (AvgIpc) is 2.60. The maximum atomic E-state index is 6.20. The highest BCUT2D eigenvalue weighted by atomic mass is 28.4. The standard InChI is InChI=1S/C17H32O5Si2/c1-6-21-23(22-7-2,16-17-12-9-8-10-13-17)14-11-15-24(18-3,19-4)20-5/h8-10,12-13H,6-7,11,14-16H2,1-5H3. The third kappa shape index (κ3) is 6.40. The Bertz CT molecular complexity index is 426. The van der Waals surface area contributed by atoms with Crippen LogP contribution in [0.3, 0.4) is 0 Å². The van der Waals surface area contributed by atoms with E-state index in [0.29, 0.717) is 13.2 Å². The van der Waals surface area contributed by atoms with E-state index in [1.165, 1.54) is 5.56 Å². The lowest BCUT2D eigenvalue weighted by molar-refractivity contribution is 0.122. The van der Waals surface area contributed by atoms with E-state index in [1.807, 2.05) is 19.9 Å². The fourth-order valence-electron chi connectivity index (χ4n) is 2.94. The Hall–Kier alpha value is -0.546. The highest BCUT2D eigenvalue weighted by molar-refractivity contribution is 6.67. The average molecular weight is 373 g/mol. The van der Waals surface area contributed by atoms with Crippen LogP contribution in [0, 0.1) is 0 Å². The van der Waals surface area contributed by atoms with Gasteiger partial charge >= 0.3 is 17.4 Å². The molecule has 0 saturated heterocycles. The van der Waals surface area contributed by atoms with Crippen molar-refractivity contribution in [3.05, 3.63) is 35.9 Å². The lowest BCUT2D eigenvalue weighted by atomic mass is 10.2. The Morgan fingerprint density at radius 1 is 0.792 bits per heavy atom. The molecule has 0 heterocycles. The molecule has 24 heavy (non-hydrogen) atoms. The first kappa shape index (κ1) is 21.5. The molecule has 0 aliphatic heterocycles. The van der Waals surface area contributed by atoms with Gasteiger partial charge in [0.25, 0.3) is 0 Å². The zero-order valence-corrected chi connectivity index (χ0v) is 17.7. The molecule has 0 fully saturated rings. The van der Waals surface area contributed by atoms with E-state index in [4.69, 9.17) is 22.1 Å². The van der Waals surface area contributed by atoms with Gasteiger partial charge in [-0.1, -0.05) is 30.3 Å². The molecule has 0 bridgehead atoms. The number of benzene rings is 1. The predicted molar refractivity (Wildman–Crippen MR) is 100 cm³/mol. The summed E-state index contributed by atoms with van der Waals surface area (Å²) in [5, 5.41) is 0. The van der Waals surface area contributed by atoms with Crippen molar-refractivity contribution in [1.82, 2.24) is 0 Å². The Morgan fingerprint density at radius 3 is 1.79 bits per heavy atom. The second kappa shape index (κ2) is 11.1. The van der Waals surface area contributed by atoms with E-state index >= 15 is 0 Å². The lowest BCUT2D eigenvalue weighted by Crippen LogP contribution is -2.47. The molecule has 1 aromatic carbocycles. The van der Waals surface area contributed by atoms with Gasteiger partial charge in [0.2, 0.25) is 0 Å². The summed E-state index contributed by atoms with van der Waals surface area (Å²) >= 11 is 0. The summed E-state index contributed by atoms with van der Waals surface area (Å²) in [5.74, 6) is 0. The summed E-state index contributed by atoms with van der Waals surface area (Å²) in [4.78, 5) is 0. The van der Waals surface area contributed by atoms with Crippen LogP contribution in [0.25, 0.3) is 0 Å². The van der Waals surface area contributed by atoms with Crippen LogP contribution in [0.4, 0.5) is 0 Å². The summed E-state index contributed by atoms with van der Waals surface area (Å²) in [5.41, 5.74) is 1.26. The molecule has 0 saturated carbocycles. The minimum atomic E-state index is -2.54. The summed E-state index contributed by atoms with van der Waals surface area (Å²) in [6, 6.07) is 12.9. The first-order valence-corrected chi connectivity index (χ1v) is 12.7. The van der Waals surface area contributed by atoms with Crippen LogP contribution in [0.2, 0.25) is 12.1 Å². The van der Waals surface area contributed by atoms with Gasteiger partial charge in [0.1, 0.15) is 0 Å². The molecule has 0 aromatic heterocycles. The van der Waals surface area contributed by atoms with Crippen molar-refractivity contribution in [2.24, 2.45) is 0 Å². The molecule has 0 atom stereocenters. The molecule has 0 unspecified atom stereocenters. The van der Waals surface area contributed by atoms with Crippen LogP contribution in [0.5, 0.6) is 0 Å². The molecule has 0 N–H and O–H groups in total. The second-order valence-electron chi connectivity index (χ2n) is 5.59. The third-order valence-corrected chi connectivity index (χ3v) is 10.6. The molecule has 0 spiro atoms. The normalized spacial score (nSPS) is 12.5. The van der Waals surface area contributed by atoms with Crippen molar-refractivity contribution < 1.29 is 22.1 Å². The van der Waals surface area contributed by atoms with E-state index in [9.17, 15) is 0 Å². The maximum Gasteiger partial charge on any atom is 0.500 e. The smallest absolute Gasteiger partial charge is 0.394 e. The molecule has 1 aromatic rings. The lowest BCUT2D eigenvalue weighted by Gasteiger charge is -2.31. The summed E-state index contributed by atoms with van der Waals surface area (Å²) in [6.07, 6.45) is 0.904. The van der Waals surface area contributed by atoms with Crippen molar-refractivity contribution in [3.8, 4) is 0 Å². The molecular formula is C17H32O5Si2. The van der Waals surface area contributed by atoms with Crippen molar-refractivity contribution in [2.75, 3.05) is 34.5 Å². The van der Waals surface area contributed by atoms with Crippen LogP contribution in [0.15, 0.2) is 30.3 Å². The topological polar surface area (TPSA) is 46.2 Å². The Kier molecular flexibility index (Phi) is 9.98. The van der Waals surface area contributed by atoms with Crippen LogP contribution >= 0.6 is 0 Å². The monoisotopic (exact) mass is 372 g/mol. The molecule has 0 aliphatic carbocycles. The highest BCUT2D eigenvalue weighted by Gasteiger charge is 2.41. The SMILES string of the molecule is CCO[Si](CCC[Si](OC)(OC)OC)(Cc1ccccc1)OCC. The van der Waals surface area contributed by atoms with E-state index in [1.54, 1.807) is 21.3 Å². The molecule has 7 heteroatoms. The largest absolute Gasteiger partial charge is 0.500 e. The summed E-state index contributed by atoms with van der Waals surface area (Å²) in [6.45, 7) is 5.40. The molecular weight excluding hydrogens is 340 g/mol. The zero-order chi connectivity index (χ0) is 17.9. The van der Waals surface area contributed by atoms with Crippen molar-refractivity contribution in [1.29, 1.82) is 0 Å². The third-order valence-electron chi connectivity index (χ3n) is 4.10. The van der Waals surface area contributed by atoms with E-state index in [2.05, 4.69) is 24.3 Å². The number of rotatable bonds is 13. The quantitative estimate of drug-likeness (QED) is 0.496. The van der Waals surface area contributed by atoms with Crippen LogP contribution in [-0.2, 0) is 28.2 Å². The predicted octanol–water partition coefficient (Wildman–Crippen LogP) is 3.55. The molecule has 1 rings (SSSR count). The molecule has 0 aliphatic rings. The van der Waals surface area contributed by atoms with Gasteiger partial charge in [-0.3, -0.25) is 0 Å². The number of hydrogen-bond acceptors (Lipinski definition) is 5. The summed E-state index contributed by atoms with van der Waals surface area (Å²) in [7, 11) is 0.0924. The van der Waals surface area contributed by atoms with Gasteiger partial charge < -0.3 is 22.1 Å². The van der Waals surface area contributed by atoms with Crippen molar-refractivity contribution in [2.45, 2.75) is 38.4 Å². The molecule has 138 valence electrons. The van der Waals surface area contributed by atoms with Gasteiger partial charge in [-0.2, -0.15) is 0 Å². The van der Waals surface area contributed by atoms with Gasteiger partial charge in [-0.25, -0.2) is 0 Å². The second-order valence-corrected chi connectivity index (χ2v) is 11.9. The number of hydrogen-bond donors (Lipinski definition) is 0. The fraction of sp³-hybridized carbons (Fsp3) is 0.647. The van der Waals surface area contributed by atoms with Gasteiger partial charge in [0, 0.05) is 46.6 Å². The summed E-state index contributed by atoms with van der Waals surface area (Å²) < 4.78 is 29.0. The minimum absolute atomic E-state index is 0.667. The Labute approximate surface area is 148 Å². The van der Waals surface area contributed by atoms with Crippen LogP contribution in [0.1, 0.15) is 25.8 Å². The minimum Gasteiger partial charge on any atom is -0.394 e. The zero-order valence-electron chi connectivity index (χ0n) is 15.7. The first-order chi connectivity index (χ1) is 11.6. The van der Waals surface area contributed by atoms with Crippen LogP contribution < -0.4 is 0 Å². The van der Waals surface area contributed by atoms with Gasteiger partial charge in [0.15, 0.2) is 0 Å². The van der Waals surface area contributed by atoms with E-state index in [0.717, 1.165) is 24.6 Å². The first-order valence-electron chi connectivity index (χ1n) is 8.56. The van der Waals surface area contributed by atoms with Gasteiger partial charge in [0.05, 0.1) is 0 Å². The molecule has 0 radical (unpaired) electrons. The van der Waals surface area contributed by atoms with Crippen LogP contribution in [-0.4, -0.2) is 51.9 Å². The van der Waals surface area contributed by atoms with E-state index < -0.39 is 17.4 Å². The fourth-order valence-corrected chi connectivity index (χ4v) is 8.39.